The zero-order valence-corrected chi connectivity index (χ0v) is 12.1. The van der Waals surface area contributed by atoms with Gasteiger partial charge in [0, 0.05) is 18.7 Å². The van der Waals surface area contributed by atoms with Gasteiger partial charge in [-0.2, -0.15) is 5.10 Å². The van der Waals surface area contributed by atoms with Crippen LogP contribution in [0, 0.1) is 6.92 Å². The Morgan fingerprint density at radius 2 is 2.05 bits per heavy atom. The average Bonchev–Trinajstić information content (AvgIpc) is 2.60. The molecule has 0 radical (unpaired) electrons. The molecule has 0 fully saturated rings. The molecule has 114 valence electrons. The average molecular weight is 316 g/mol. The molecule has 0 aliphatic rings. The van der Waals surface area contributed by atoms with E-state index in [4.69, 9.17) is 21.8 Å². The third kappa shape index (κ3) is 4.60. The Labute approximate surface area is 125 Å². The Balaban J connectivity index is 2.78. The molecule has 1 aromatic heterocycles. The summed E-state index contributed by atoms with van der Waals surface area (Å²) in [6, 6.07) is -1.50. The number of amides is 1. The lowest BCUT2D eigenvalue weighted by molar-refractivity contribution is -0.146. The van der Waals surface area contributed by atoms with Crippen LogP contribution in [0.2, 0.25) is 5.15 Å². The number of aliphatic carboxylic acids is 2. The molecule has 9 heteroatoms. The van der Waals surface area contributed by atoms with Gasteiger partial charge in [-0.05, 0) is 13.0 Å². The molecule has 0 saturated carbocycles. The number of nitrogens with zero attached hydrogens (tertiary/aromatic N) is 2. The van der Waals surface area contributed by atoms with E-state index in [-0.39, 0.29) is 0 Å². The van der Waals surface area contributed by atoms with Crippen LogP contribution >= 0.6 is 11.6 Å². The number of hydrogen-bond donors (Lipinski definition) is 3. The van der Waals surface area contributed by atoms with Crippen molar-refractivity contribution in [1.82, 2.24) is 15.1 Å². The zero-order chi connectivity index (χ0) is 16.2. The molecule has 1 rings (SSSR count). The molecule has 0 aromatic carbocycles. The molecule has 0 spiro atoms. The molecule has 8 nitrogen and oxygen atoms in total. The first-order chi connectivity index (χ1) is 9.72. The lowest BCUT2D eigenvalue weighted by Gasteiger charge is -2.10. The third-order valence-electron chi connectivity index (χ3n) is 2.59. The first-order valence-corrected chi connectivity index (χ1v) is 6.22. The summed E-state index contributed by atoms with van der Waals surface area (Å²) in [6.07, 6.45) is 1.76. The fourth-order valence-electron chi connectivity index (χ4n) is 1.59. The first kappa shape index (κ1) is 16.7. The minimum absolute atomic E-state index is 0.330. The van der Waals surface area contributed by atoms with Crippen molar-refractivity contribution in [2.75, 3.05) is 0 Å². The van der Waals surface area contributed by atoms with Crippen LogP contribution < -0.4 is 5.32 Å². The molecular formula is C12H14ClN3O5. The van der Waals surface area contributed by atoms with Crippen LogP contribution in [0.1, 0.15) is 17.7 Å². The topological polar surface area (TPSA) is 122 Å². The number of rotatable bonds is 6. The first-order valence-electron chi connectivity index (χ1n) is 5.84. The highest BCUT2D eigenvalue weighted by molar-refractivity contribution is 6.31. The van der Waals surface area contributed by atoms with Gasteiger partial charge in [0.2, 0.25) is 5.91 Å². The van der Waals surface area contributed by atoms with Gasteiger partial charge in [-0.25, -0.2) is 4.79 Å². The van der Waals surface area contributed by atoms with Gasteiger partial charge in [0.05, 0.1) is 12.1 Å². The number of carboxylic acids is 2. The van der Waals surface area contributed by atoms with Crippen molar-refractivity contribution in [1.29, 1.82) is 0 Å². The van der Waals surface area contributed by atoms with E-state index in [0.717, 1.165) is 6.08 Å². The highest BCUT2D eigenvalue weighted by atomic mass is 35.5. The summed E-state index contributed by atoms with van der Waals surface area (Å²) in [6.45, 7) is 1.70. The van der Waals surface area contributed by atoms with E-state index in [1.807, 2.05) is 0 Å². The summed E-state index contributed by atoms with van der Waals surface area (Å²) in [7, 11) is 1.64. The number of aromatic nitrogens is 2. The van der Waals surface area contributed by atoms with Crippen LogP contribution in [0.3, 0.4) is 0 Å². The third-order valence-corrected chi connectivity index (χ3v) is 3.04. The van der Waals surface area contributed by atoms with Crippen LogP contribution in [0.25, 0.3) is 6.08 Å². The normalized spacial score (nSPS) is 12.3. The highest BCUT2D eigenvalue weighted by Gasteiger charge is 2.22. The van der Waals surface area contributed by atoms with Crippen molar-refractivity contribution in [3.8, 4) is 0 Å². The minimum atomic E-state index is -1.50. The maximum atomic E-state index is 11.6. The second kappa shape index (κ2) is 6.89. The van der Waals surface area contributed by atoms with E-state index in [1.165, 1.54) is 10.8 Å². The summed E-state index contributed by atoms with van der Waals surface area (Å²) in [5.41, 5.74) is 1.13. The van der Waals surface area contributed by atoms with Crippen LogP contribution in [0.4, 0.5) is 0 Å². The van der Waals surface area contributed by atoms with Crippen molar-refractivity contribution >= 4 is 35.5 Å². The van der Waals surface area contributed by atoms with Crippen LogP contribution in [-0.2, 0) is 21.4 Å². The van der Waals surface area contributed by atoms with Crippen molar-refractivity contribution < 1.29 is 24.6 Å². The van der Waals surface area contributed by atoms with Gasteiger partial charge < -0.3 is 15.5 Å². The smallest absolute Gasteiger partial charge is 0.326 e. The standard InChI is InChI=1S/C12H14ClN3O5/c1-6-7(11(13)16(2)15-6)3-4-9(17)14-8(12(20)21)5-10(18)19/h3-4,8H,5H2,1-2H3,(H,14,17)(H,18,19)(H,20,21)/b4-3+/t8-/m1/s1. The predicted octanol–water partition coefficient (Wildman–Crippen LogP) is 0.439. The molecule has 0 unspecified atom stereocenters. The van der Waals surface area contributed by atoms with Crippen LogP contribution in [0.15, 0.2) is 6.08 Å². The summed E-state index contributed by atoms with van der Waals surface area (Å²) < 4.78 is 1.43. The van der Waals surface area contributed by atoms with Gasteiger partial charge in [0.1, 0.15) is 11.2 Å². The van der Waals surface area contributed by atoms with E-state index in [0.29, 0.717) is 16.4 Å². The Hall–Kier alpha value is -2.35. The van der Waals surface area contributed by atoms with Gasteiger partial charge in [-0.1, -0.05) is 11.6 Å². The second-order valence-electron chi connectivity index (χ2n) is 4.24. The Morgan fingerprint density at radius 3 is 2.48 bits per heavy atom. The predicted molar refractivity (Wildman–Crippen MR) is 73.8 cm³/mol. The quantitative estimate of drug-likeness (QED) is 0.655. The maximum Gasteiger partial charge on any atom is 0.326 e. The van der Waals surface area contributed by atoms with Crippen molar-refractivity contribution in [3.05, 3.63) is 22.5 Å². The van der Waals surface area contributed by atoms with E-state index >= 15 is 0 Å². The molecule has 1 amide bonds. The number of nitrogens with one attached hydrogen (secondary N) is 1. The van der Waals surface area contributed by atoms with Gasteiger partial charge >= 0.3 is 11.9 Å². The van der Waals surface area contributed by atoms with Gasteiger partial charge in [0.25, 0.3) is 0 Å². The fourth-order valence-corrected chi connectivity index (χ4v) is 1.83. The molecule has 0 bridgehead atoms. The summed E-state index contributed by atoms with van der Waals surface area (Å²) in [5.74, 6) is -3.48. The molecule has 1 atom stereocenters. The van der Waals surface area contributed by atoms with E-state index in [2.05, 4.69) is 10.4 Å². The number of halogens is 1. The number of aryl methyl sites for hydroxylation is 2. The van der Waals surface area contributed by atoms with E-state index in [1.54, 1.807) is 14.0 Å². The Kier molecular flexibility index (Phi) is 5.48. The molecule has 3 N–H and O–H groups in total. The SMILES string of the molecule is Cc1nn(C)c(Cl)c1/C=C/C(=O)N[C@H](CC(=O)O)C(=O)O. The minimum Gasteiger partial charge on any atom is -0.481 e. The molecule has 0 aliphatic heterocycles. The van der Waals surface area contributed by atoms with Crippen LogP contribution in [0.5, 0.6) is 0 Å². The zero-order valence-electron chi connectivity index (χ0n) is 11.3. The van der Waals surface area contributed by atoms with E-state index in [9.17, 15) is 14.4 Å². The monoisotopic (exact) mass is 315 g/mol. The highest BCUT2D eigenvalue weighted by Crippen LogP contribution is 2.19. The Bertz CT molecular complexity index is 608. The van der Waals surface area contributed by atoms with Crippen molar-refractivity contribution in [2.24, 2.45) is 7.05 Å². The summed E-state index contributed by atoms with van der Waals surface area (Å²) in [5, 5.41) is 23.8. The fraction of sp³-hybridized carbons (Fsp3) is 0.333. The number of carbonyl (C=O) groups excluding carboxylic acids is 1. The number of hydrogen-bond acceptors (Lipinski definition) is 4. The van der Waals surface area contributed by atoms with Crippen molar-refractivity contribution in [3.63, 3.8) is 0 Å². The molecule has 0 aliphatic carbocycles. The summed E-state index contributed by atoms with van der Waals surface area (Å²) in [4.78, 5) is 32.9. The molecular weight excluding hydrogens is 302 g/mol. The van der Waals surface area contributed by atoms with E-state index < -0.39 is 30.3 Å². The maximum absolute atomic E-state index is 11.6. The lowest BCUT2D eigenvalue weighted by Crippen LogP contribution is -2.41. The van der Waals surface area contributed by atoms with Crippen molar-refractivity contribution in [2.45, 2.75) is 19.4 Å². The number of carboxylic acid groups (broad SMARTS) is 2. The Morgan fingerprint density at radius 1 is 1.43 bits per heavy atom. The summed E-state index contributed by atoms with van der Waals surface area (Å²) >= 11 is 5.97. The number of carbonyl (C=O) groups is 3. The largest absolute Gasteiger partial charge is 0.481 e. The van der Waals surface area contributed by atoms with Gasteiger partial charge in [-0.3, -0.25) is 14.3 Å². The van der Waals surface area contributed by atoms with Crippen LogP contribution in [-0.4, -0.2) is 43.9 Å². The lowest BCUT2D eigenvalue weighted by atomic mass is 10.2. The van der Waals surface area contributed by atoms with Gasteiger partial charge in [0.15, 0.2) is 0 Å². The molecule has 1 aromatic rings. The molecule has 0 saturated heterocycles. The molecule has 21 heavy (non-hydrogen) atoms. The van der Waals surface area contributed by atoms with Gasteiger partial charge in [-0.15, -0.1) is 0 Å². The second-order valence-corrected chi connectivity index (χ2v) is 4.60. The molecule has 1 heterocycles.